The zero-order valence-electron chi connectivity index (χ0n) is 15.4. The highest BCUT2D eigenvalue weighted by atomic mass is 16.2. The number of amides is 3. The predicted molar refractivity (Wildman–Crippen MR) is 104 cm³/mol. The molecule has 144 valence electrons. The van der Waals surface area contributed by atoms with Crippen LogP contribution in [0.25, 0.3) is 0 Å². The fourth-order valence-corrected chi connectivity index (χ4v) is 3.77. The summed E-state index contributed by atoms with van der Waals surface area (Å²) in [7, 11) is 0. The quantitative estimate of drug-likeness (QED) is 0.844. The van der Waals surface area contributed by atoms with Crippen LogP contribution in [0.3, 0.4) is 0 Å². The standard InChI is InChI=1S/C21H22N4O3/c22-18-13-24(12-17(18)14-4-2-1-3-5-14)21(28)15-6-8-16(9-7-15)25-20(27)11-10-19(26)23-25/h1-9,17-18H,10-13,22H2,(H,23,26)/t17-,18+/m0/s1. The number of nitrogens with one attached hydrogen (secondary N) is 1. The Bertz CT molecular complexity index is 898. The average Bonchev–Trinajstić information content (AvgIpc) is 3.12. The van der Waals surface area contributed by atoms with E-state index in [4.69, 9.17) is 5.73 Å². The number of rotatable bonds is 3. The van der Waals surface area contributed by atoms with Gasteiger partial charge >= 0.3 is 0 Å². The second kappa shape index (κ2) is 7.44. The molecule has 0 aliphatic carbocycles. The van der Waals surface area contributed by atoms with Crippen LogP contribution in [0.5, 0.6) is 0 Å². The maximum absolute atomic E-state index is 12.9. The molecular formula is C21H22N4O3. The smallest absolute Gasteiger partial charge is 0.253 e. The molecule has 3 N–H and O–H groups in total. The molecule has 2 aliphatic rings. The van der Waals surface area contributed by atoms with Gasteiger partial charge in [0.15, 0.2) is 0 Å². The fraction of sp³-hybridized carbons (Fsp3) is 0.286. The number of carbonyl (C=O) groups excluding carboxylic acids is 3. The van der Waals surface area contributed by atoms with Gasteiger partial charge in [-0.05, 0) is 29.8 Å². The van der Waals surface area contributed by atoms with Crippen molar-refractivity contribution in [2.24, 2.45) is 5.73 Å². The number of nitrogens with zero attached hydrogens (tertiary/aromatic N) is 2. The summed E-state index contributed by atoms with van der Waals surface area (Å²) in [6.45, 7) is 1.08. The van der Waals surface area contributed by atoms with Crippen molar-refractivity contribution in [3.05, 3.63) is 65.7 Å². The van der Waals surface area contributed by atoms with Gasteiger partial charge in [0, 0.05) is 43.5 Å². The molecule has 2 fully saturated rings. The molecule has 28 heavy (non-hydrogen) atoms. The van der Waals surface area contributed by atoms with E-state index in [2.05, 4.69) is 5.43 Å². The first kappa shape index (κ1) is 18.2. The maximum atomic E-state index is 12.9. The van der Waals surface area contributed by atoms with Crippen LogP contribution in [-0.2, 0) is 9.59 Å². The lowest BCUT2D eigenvalue weighted by Gasteiger charge is -2.27. The lowest BCUT2D eigenvalue weighted by Crippen LogP contribution is -2.50. The number of carbonyl (C=O) groups is 3. The van der Waals surface area contributed by atoms with E-state index in [9.17, 15) is 14.4 Å². The van der Waals surface area contributed by atoms with Crippen molar-refractivity contribution in [2.75, 3.05) is 18.1 Å². The zero-order valence-corrected chi connectivity index (χ0v) is 15.4. The molecule has 2 aromatic rings. The molecule has 3 amide bonds. The molecule has 0 saturated carbocycles. The van der Waals surface area contributed by atoms with Crippen LogP contribution in [0.15, 0.2) is 54.6 Å². The van der Waals surface area contributed by atoms with E-state index in [0.29, 0.717) is 24.3 Å². The Hall–Kier alpha value is -3.19. The Kier molecular flexibility index (Phi) is 4.83. The third-order valence-electron chi connectivity index (χ3n) is 5.30. The molecule has 4 rings (SSSR count). The number of hydrogen-bond acceptors (Lipinski definition) is 4. The van der Waals surface area contributed by atoms with E-state index in [-0.39, 0.29) is 42.5 Å². The Labute approximate surface area is 163 Å². The van der Waals surface area contributed by atoms with Crippen LogP contribution in [0, 0.1) is 0 Å². The van der Waals surface area contributed by atoms with E-state index in [1.54, 1.807) is 29.2 Å². The number of benzene rings is 2. The van der Waals surface area contributed by atoms with E-state index in [0.717, 1.165) is 5.56 Å². The first-order chi connectivity index (χ1) is 13.5. The van der Waals surface area contributed by atoms with Crippen molar-refractivity contribution < 1.29 is 14.4 Å². The lowest BCUT2D eigenvalue weighted by molar-refractivity contribution is -0.130. The average molecular weight is 378 g/mol. The molecule has 2 atom stereocenters. The summed E-state index contributed by atoms with van der Waals surface area (Å²) in [6, 6.07) is 16.6. The summed E-state index contributed by atoms with van der Waals surface area (Å²) >= 11 is 0. The minimum absolute atomic E-state index is 0.0885. The molecule has 0 radical (unpaired) electrons. The Morgan fingerprint density at radius 2 is 1.68 bits per heavy atom. The zero-order chi connectivity index (χ0) is 19.7. The minimum Gasteiger partial charge on any atom is -0.336 e. The number of anilines is 1. The van der Waals surface area contributed by atoms with Gasteiger partial charge in [0.2, 0.25) is 11.8 Å². The van der Waals surface area contributed by atoms with Gasteiger partial charge in [-0.15, -0.1) is 0 Å². The normalized spacial score (nSPS) is 22.3. The summed E-state index contributed by atoms with van der Waals surface area (Å²) in [5.74, 6) is -0.340. The van der Waals surface area contributed by atoms with Crippen LogP contribution < -0.4 is 16.2 Å². The van der Waals surface area contributed by atoms with Crippen LogP contribution in [0.1, 0.15) is 34.7 Å². The van der Waals surface area contributed by atoms with Crippen molar-refractivity contribution in [2.45, 2.75) is 24.8 Å². The molecule has 7 heteroatoms. The van der Waals surface area contributed by atoms with Gasteiger partial charge in [-0.2, -0.15) is 0 Å². The summed E-state index contributed by atoms with van der Waals surface area (Å²) in [4.78, 5) is 38.2. The summed E-state index contributed by atoms with van der Waals surface area (Å²) in [5, 5.41) is 1.23. The molecule has 0 unspecified atom stereocenters. The Balaban J connectivity index is 1.47. The molecule has 2 aliphatic heterocycles. The second-order valence-electron chi connectivity index (χ2n) is 7.20. The minimum atomic E-state index is -0.197. The van der Waals surface area contributed by atoms with E-state index in [1.807, 2.05) is 30.3 Å². The summed E-state index contributed by atoms with van der Waals surface area (Å²) in [6.07, 6.45) is 0.378. The molecule has 7 nitrogen and oxygen atoms in total. The second-order valence-corrected chi connectivity index (χ2v) is 7.20. The first-order valence-electron chi connectivity index (χ1n) is 9.35. The van der Waals surface area contributed by atoms with Crippen molar-refractivity contribution in [3.63, 3.8) is 0 Å². The van der Waals surface area contributed by atoms with Gasteiger partial charge in [-0.1, -0.05) is 30.3 Å². The van der Waals surface area contributed by atoms with E-state index >= 15 is 0 Å². The van der Waals surface area contributed by atoms with Crippen molar-refractivity contribution in [1.29, 1.82) is 0 Å². The topological polar surface area (TPSA) is 95.7 Å². The summed E-state index contributed by atoms with van der Waals surface area (Å²) in [5.41, 5.74) is 11.0. The summed E-state index contributed by atoms with van der Waals surface area (Å²) < 4.78 is 0. The molecule has 2 aromatic carbocycles. The van der Waals surface area contributed by atoms with Gasteiger partial charge in [-0.3, -0.25) is 19.8 Å². The monoisotopic (exact) mass is 378 g/mol. The molecule has 0 spiro atoms. The number of hydrogen-bond donors (Lipinski definition) is 2. The third-order valence-corrected chi connectivity index (χ3v) is 5.30. The molecule has 0 bridgehead atoms. The van der Waals surface area contributed by atoms with E-state index in [1.165, 1.54) is 5.01 Å². The largest absolute Gasteiger partial charge is 0.336 e. The van der Waals surface area contributed by atoms with Crippen LogP contribution in [-0.4, -0.2) is 41.8 Å². The SMILES string of the molecule is N[C@@H]1CN(C(=O)c2ccc(N3NC(=O)CCC3=O)cc2)C[C@H]1c1ccccc1. The van der Waals surface area contributed by atoms with Crippen LogP contribution >= 0.6 is 0 Å². The van der Waals surface area contributed by atoms with Crippen molar-refractivity contribution >= 4 is 23.4 Å². The van der Waals surface area contributed by atoms with Gasteiger partial charge in [0.25, 0.3) is 5.91 Å². The Morgan fingerprint density at radius 3 is 2.39 bits per heavy atom. The van der Waals surface area contributed by atoms with Crippen molar-refractivity contribution in [3.8, 4) is 0 Å². The Morgan fingerprint density at radius 1 is 0.964 bits per heavy atom. The number of nitrogens with two attached hydrogens (primary N) is 1. The molecular weight excluding hydrogens is 356 g/mol. The molecule has 2 saturated heterocycles. The van der Waals surface area contributed by atoms with Crippen molar-refractivity contribution in [1.82, 2.24) is 10.3 Å². The van der Waals surface area contributed by atoms with E-state index < -0.39 is 0 Å². The highest BCUT2D eigenvalue weighted by molar-refractivity contribution is 6.01. The number of likely N-dealkylation sites (tertiary alicyclic amines) is 1. The highest BCUT2D eigenvalue weighted by Crippen LogP contribution is 2.28. The van der Waals surface area contributed by atoms with Crippen LogP contribution in [0.4, 0.5) is 5.69 Å². The molecule has 0 aromatic heterocycles. The van der Waals surface area contributed by atoms with Gasteiger partial charge in [0.05, 0.1) is 5.69 Å². The lowest BCUT2D eigenvalue weighted by atomic mass is 9.95. The van der Waals surface area contributed by atoms with Gasteiger partial charge in [-0.25, -0.2) is 5.01 Å². The van der Waals surface area contributed by atoms with Crippen LogP contribution in [0.2, 0.25) is 0 Å². The molecule has 2 heterocycles. The maximum Gasteiger partial charge on any atom is 0.253 e. The number of hydrazine groups is 1. The van der Waals surface area contributed by atoms with Gasteiger partial charge in [0.1, 0.15) is 0 Å². The fourth-order valence-electron chi connectivity index (χ4n) is 3.77. The third kappa shape index (κ3) is 3.48. The first-order valence-corrected chi connectivity index (χ1v) is 9.35. The van der Waals surface area contributed by atoms with Gasteiger partial charge < -0.3 is 10.6 Å². The highest BCUT2D eigenvalue weighted by Gasteiger charge is 2.34. The predicted octanol–water partition coefficient (Wildman–Crippen LogP) is 1.41.